The normalized spacial score (nSPS) is 10.2. The van der Waals surface area contributed by atoms with Gasteiger partial charge in [0, 0.05) is 26.2 Å². The predicted octanol–water partition coefficient (Wildman–Crippen LogP) is 2.64. The van der Waals surface area contributed by atoms with Gasteiger partial charge in [0.25, 0.3) is 5.91 Å². The lowest BCUT2D eigenvalue weighted by Gasteiger charge is -2.13. The summed E-state index contributed by atoms with van der Waals surface area (Å²) in [5, 5.41) is 7.40. The zero-order chi connectivity index (χ0) is 13.8. The second kappa shape index (κ2) is 5.75. The molecule has 0 saturated carbocycles. The molecule has 0 aliphatic rings. The fourth-order valence-corrected chi connectivity index (χ4v) is 2.37. The van der Waals surface area contributed by atoms with Crippen molar-refractivity contribution in [3.63, 3.8) is 0 Å². The Balaban J connectivity index is 2.09. The molecular weight excluding hydrogens is 258 g/mol. The molecule has 0 fully saturated rings. The number of carbonyl (C=O) groups is 1. The molecule has 0 atom stereocenters. The highest BCUT2D eigenvalue weighted by Crippen LogP contribution is 2.21. The second-order valence-corrected chi connectivity index (χ2v) is 5.27. The topological polar surface area (TPSA) is 58.4 Å². The average molecular weight is 275 g/mol. The van der Waals surface area contributed by atoms with Crippen LogP contribution in [0.4, 0.5) is 11.4 Å². The van der Waals surface area contributed by atoms with Crippen LogP contribution in [0.25, 0.3) is 0 Å². The highest BCUT2D eigenvalue weighted by atomic mass is 32.1. The number of nitrogens with two attached hydrogens (primary N) is 1. The third-order valence-corrected chi connectivity index (χ3v) is 3.50. The third kappa shape index (κ3) is 3.26. The summed E-state index contributed by atoms with van der Waals surface area (Å²) in [7, 11) is 3.45. The molecule has 4 nitrogen and oxygen atoms in total. The number of hydrogen-bond donors (Lipinski definition) is 2. The predicted molar refractivity (Wildman–Crippen MR) is 80.5 cm³/mol. The van der Waals surface area contributed by atoms with E-state index in [1.807, 2.05) is 11.4 Å². The van der Waals surface area contributed by atoms with Gasteiger partial charge in [0.15, 0.2) is 0 Å². The van der Waals surface area contributed by atoms with Crippen LogP contribution in [0.2, 0.25) is 0 Å². The third-order valence-electron chi connectivity index (χ3n) is 2.77. The van der Waals surface area contributed by atoms with Gasteiger partial charge in [-0.1, -0.05) is 0 Å². The summed E-state index contributed by atoms with van der Waals surface area (Å²) in [6.07, 6.45) is 0. The first kappa shape index (κ1) is 13.4. The maximum atomic E-state index is 11.8. The molecule has 1 aromatic heterocycles. The zero-order valence-corrected chi connectivity index (χ0v) is 11.8. The fraction of sp³-hybridized carbons (Fsp3) is 0.214. The standard InChI is InChI=1S/C14H17N3OS/c1-17(2)14(18)11-3-4-13(12(15)7-11)16-8-10-5-6-19-9-10/h3-7,9,16H,8,15H2,1-2H3. The van der Waals surface area contributed by atoms with Crippen molar-refractivity contribution >= 4 is 28.6 Å². The minimum atomic E-state index is -0.0453. The lowest BCUT2D eigenvalue weighted by molar-refractivity contribution is 0.0827. The molecule has 1 heterocycles. The molecule has 2 aromatic rings. The van der Waals surface area contributed by atoms with E-state index in [2.05, 4.69) is 16.8 Å². The van der Waals surface area contributed by atoms with Crippen LogP contribution in [-0.4, -0.2) is 24.9 Å². The van der Waals surface area contributed by atoms with E-state index in [-0.39, 0.29) is 5.91 Å². The molecule has 0 bridgehead atoms. The van der Waals surface area contributed by atoms with Gasteiger partial charge in [-0.25, -0.2) is 0 Å². The van der Waals surface area contributed by atoms with Gasteiger partial charge in [-0.2, -0.15) is 11.3 Å². The van der Waals surface area contributed by atoms with Crippen molar-refractivity contribution in [2.24, 2.45) is 0 Å². The van der Waals surface area contributed by atoms with E-state index in [1.165, 1.54) is 10.5 Å². The molecule has 0 aliphatic carbocycles. The number of nitrogens with zero attached hydrogens (tertiary/aromatic N) is 1. The van der Waals surface area contributed by atoms with Crippen molar-refractivity contribution in [2.75, 3.05) is 25.1 Å². The minimum Gasteiger partial charge on any atom is -0.397 e. The number of amides is 1. The van der Waals surface area contributed by atoms with Crippen LogP contribution in [0.3, 0.4) is 0 Å². The Hall–Kier alpha value is -2.01. The summed E-state index contributed by atoms with van der Waals surface area (Å²) in [5.74, 6) is -0.0453. The summed E-state index contributed by atoms with van der Waals surface area (Å²) in [4.78, 5) is 13.3. The highest BCUT2D eigenvalue weighted by Gasteiger charge is 2.09. The highest BCUT2D eigenvalue weighted by molar-refractivity contribution is 7.07. The van der Waals surface area contributed by atoms with Gasteiger partial charge < -0.3 is 16.0 Å². The van der Waals surface area contributed by atoms with Gasteiger partial charge in [-0.05, 0) is 40.6 Å². The maximum absolute atomic E-state index is 11.8. The lowest BCUT2D eigenvalue weighted by atomic mass is 10.1. The van der Waals surface area contributed by atoms with Gasteiger partial charge in [0.2, 0.25) is 0 Å². The largest absolute Gasteiger partial charge is 0.397 e. The Kier molecular flexibility index (Phi) is 4.06. The first-order valence-corrected chi connectivity index (χ1v) is 6.88. The summed E-state index contributed by atoms with van der Waals surface area (Å²) >= 11 is 1.67. The molecule has 0 unspecified atom stereocenters. The molecule has 5 heteroatoms. The summed E-state index contributed by atoms with van der Waals surface area (Å²) in [6.45, 7) is 0.731. The van der Waals surface area contributed by atoms with E-state index in [0.717, 1.165) is 12.2 Å². The number of carbonyl (C=O) groups excluding carboxylic acids is 1. The van der Waals surface area contributed by atoms with Crippen molar-refractivity contribution in [3.05, 3.63) is 46.2 Å². The van der Waals surface area contributed by atoms with Gasteiger partial charge in [-0.15, -0.1) is 0 Å². The molecule has 100 valence electrons. The maximum Gasteiger partial charge on any atom is 0.253 e. The van der Waals surface area contributed by atoms with Crippen molar-refractivity contribution in [2.45, 2.75) is 6.54 Å². The van der Waals surface area contributed by atoms with Crippen molar-refractivity contribution in [1.82, 2.24) is 4.90 Å². The van der Waals surface area contributed by atoms with Crippen molar-refractivity contribution in [3.8, 4) is 0 Å². The zero-order valence-electron chi connectivity index (χ0n) is 11.0. The van der Waals surface area contributed by atoms with Crippen molar-refractivity contribution in [1.29, 1.82) is 0 Å². The van der Waals surface area contributed by atoms with Gasteiger partial charge in [0.1, 0.15) is 0 Å². The van der Waals surface area contributed by atoms with Gasteiger partial charge in [0.05, 0.1) is 11.4 Å². The number of nitrogens with one attached hydrogen (secondary N) is 1. The molecule has 0 aliphatic heterocycles. The van der Waals surface area contributed by atoms with E-state index in [1.54, 1.807) is 37.6 Å². The summed E-state index contributed by atoms with van der Waals surface area (Å²) in [5.41, 5.74) is 9.22. The Morgan fingerprint density at radius 2 is 2.16 bits per heavy atom. The molecule has 0 radical (unpaired) electrons. The van der Waals surface area contributed by atoms with E-state index < -0.39 is 0 Å². The number of nitrogen functional groups attached to an aromatic ring is 1. The molecule has 19 heavy (non-hydrogen) atoms. The number of hydrogen-bond acceptors (Lipinski definition) is 4. The first-order valence-electron chi connectivity index (χ1n) is 5.94. The SMILES string of the molecule is CN(C)C(=O)c1ccc(NCc2ccsc2)c(N)c1. The van der Waals surface area contributed by atoms with E-state index in [9.17, 15) is 4.79 Å². The molecule has 1 amide bonds. The van der Waals surface area contributed by atoms with Crippen LogP contribution in [0, 0.1) is 0 Å². The second-order valence-electron chi connectivity index (χ2n) is 4.49. The molecule has 0 saturated heterocycles. The van der Waals surface area contributed by atoms with Gasteiger partial charge in [-0.3, -0.25) is 4.79 Å². The molecule has 2 rings (SSSR count). The number of thiophene rings is 1. The Bertz CT molecular complexity index is 564. The van der Waals surface area contributed by atoms with Crippen LogP contribution in [0.5, 0.6) is 0 Å². The quantitative estimate of drug-likeness (QED) is 0.843. The van der Waals surface area contributed by atoms with E-state index in [4.69, 9.17) is 5.73 Å². The van der Waals surface area contributed by atoms with Crippen LogP contribution in [0.1, 0.15) is 15.9 Å². The average Bonchev–Trinajstić information content (AvgIpc) is 2.89. The number of benzene rings is 1. The molecule has 1 aromatic carbocycles. The smallest absolute Gasteiger partial charge is 0.253 e. The van der Waals surface area contributed by atoms with Crippen LogP contribution in [-0.2, 0) is 6.54 Å². The van der Waals surface area contributed by atoms with Crippen LogP contribution in [0.15, 0.2) is 35.0 Å². The number of rotatable bonds is 4. The monoisotopic (exact) mass is 275 g/mol. The summed E-state index contributed by atoms with van der Waals surface area (Å²) in [6, 6.07) is 7.41. The fourth-order valence-electron chi connectivity index (χ4n) is 1.71. The van der Waals surface area contributed by atoms with Crippen molar-refractivity contribution < 1.29 is 4.79 Å². The van der Waals surface area contributed by atoms with Gasteiger partial charge >= 0.3 is 0 Å². The Morgan fingerprint density at radius 1 is 1.37 bits per heavy atom. The molecule has 3 N–H and O–H groups in total. The summed E-state index contributed by atoms with van der Waals surface area (Å²) < 4.78 is 0. The molecular formula is C14H17N3OS. The Morgan fingerprint density at radius 3 is 2.74 bits per heavy atom. The first-order chi connectivity index (χ1) is 9.08. The number of anilines is 2. The lowest BCUT2D eigenvalue weighted by Crippen LogP contribution is -2.21. The van der Waals surface area contributed by atoms with Crippen LogP contribution < -0.4 is 11.1 Å². The Labute approximate surface area is 116 Å². The van der Waals surface area contributed by atoms with E-state index in [0.29, 0.717) is 11.3 Å². The van der Waals surface area contributed by atoms with Crippen LogP contribution >= 0.6 is 11.3 Å². The van der Waals surface area contributed by atoms with E-state index >= 15 is 0 Å². The molecule has 0 spiro atoms. The minimum absolute atomic E-state index is 0.0453.